The summed E-state index contributed by atoms with van der Waals surface area (Å²) in [6.45, 7) is 11.8. The maximum Gasteiger partial charge on any atom is 0.407 e. The maximum absolute atomic E-state index is 13.3. The van der Waals surface area contributed by atoms with Crippen molar-refractivity contribution in [3.63, 3.8) is 0 Å². The molecular formula is C34H58N6O11. The molecule has 1 aromatic rings. The first-order valence-electron chi connectivity index (χ1n) is 17.1. The van der Waals surface area contributed by atoms with Gasteiger partial charge in [0.15, 0.2) is 0 Å². The molecule has 0 heterocycles. The molecule has 0 fully saturated rings. The van der Waals surface area contributed by atoms with Crippen LogP contribution in [0.5, 0.6) is 0 Å². The largest absolute Gasteiger partial charge is 0.444 e. The van der Waals surface area contributed by atoms with Gasteiger partial charge in [-0.2, -0.15) is 0 Å². The lowest BCUT2D eigenvalue weighted by Gasteiger charge is -2.25. The Morgan fingerprint density at radius 3 is 1.86 bits per heavy atom. The molecule has 17 heteroatoms. The van der Waals surface area contributed by atoms with Crippen LogP contribution in [0.3, 0.4) is 0 Å². The van der Waals surface area contributed by atoms with Crippen LogP contribution in [0.25, 0.3) is 0 Å². The third-order valence-corrected chi connectivity index (χ3v) is 6.78. The summed E-state index contributed by atoms with van der Waals surface area (Å²) in [5.74, 6) is -1.69. The number of hydrogen-bond donors (Lipinski definition) is 7. The van der Waals surface area contributed by atoms with E-state index in [1.54, 1.807) is 58.9 Å². The molecule has 0 aliphatic heterocycles. The number of alkyl carbamates (subject to hydrolysis) is 1. The average molecular weight is 727 g/mol. The van der Waals surface area contributed by atoms with Gasteiger partial charge in [0, 0.05) is 25.2 Å². The van der Waals surface area contributed by atoms with E-state index in [1.807, 2.05) is 0 Å². The van der Waals surface area contributed by atoms with Crippen molar-refractivity contribution in [1.82, 2.24) is 21.3 Å². The molecule has 0 saturated carbocycles. The Labute approximate surface area is 300 Å². The van der Waals surface area contributed by atoms with E-state index in [0.717, 1.165) is 0 Å². The molecule has 290 valence electrons. The maximum atomic E-state index is 13.3. The highest BCUT2D eigenvalue weighted by molar-refractivity contribution is 5.98. The van der Waals surface area contributed by atoms with Gasteiger partial charge in [-0.05, 0) is 57.2 Å². The standard InChI is InChI=1S/C34H58N6O11/c1-24(2)29(31(44)39-27(7-6-13-36-32(35)45)30(43)38-26-10-8-25(23-41)9-11-26)40-28(42)12-15-47-17-19-49-21-22-50-20-18-48-16-14-37-33(46)51-34(3,4)5/h8-11,24,27,29,41H,6-7,12-23H2,1-5H3,(H,37,46)(H,38,43)(H,39,44)(H,40,42)(H3,35,36,45). The van der Waals surface area contributed by atoms with Crippen molar-refractivity contribution in [2.24, 2.45) is 11.7 Å². The molecule has 8 N–H and O–H groups in total. The smallest absolute Gasteiger partial charge is 0.407 e. The van der Waals surface area contributed by atoms with E-state index >= 15 is 0 Å². The molecule has 0 aromatic heterocycles. The summed E-state index contributed by atoms with van der Waals surface area (Å²) in [5.41, 5.74) is 5.72. The summed E-state index contributed by atoms with van der Waals surface area (Å²) in [6, 6.07) is 4.01. The topological polar surface area (TPSA) is 238 Å². The number of carbonyl (C=O) groups is 5. The van der Waals surface area contributed by atoms with E-state index in [2.05, 4.69) is 26.6 Å². The van der Waals surface area contributed by atoms with Crippen LogP contribution in [0.2, 0.25) is 0 Å². The van der Waals surface area contributed by atoms with Crippen LogP contribution in [-0.4, -0.2) is 119 Å². The zero-order chi connectivity index (χ0) is 38.1. The Morgan fingerprint density at radius 2 is 1.33 bits per heavy atom. The van der Waals surface area contributed by atoms with Gasteiger partial charge in [0.2, 0.25) is 17.7 Å². The second-order valence-corrected chi connectivity index (χ2v) is 12.8. The van der Waals surface area contributed by atoms with Crippen molar-refractivity contribution in [2.45, 2.75) is 78.2 Å². The summed E-state index contributed by atoms with van der Waals surface area (Å²) >= 11 is 0. The summed E-state index contributed by atoms with van der Waals surface area (Å²) in [7, 11) is 0. The second kappa shape index (κ2) is 25.8. The van der Waals surface area contributed by atoms with Crippen molar-refractivity contribution in [3.8, 4) is 0 Å². The number of aliphatic hydroxyl groups is 1. The summed E-state index contributed by atoms with van der Waals surface area (Å²) in [6.07, 6.45) is 0.0667. The Kier molecular flexibility index (Phi) is 22.8. The molecule has 0 aliphatic rings. The minimum absolute atomic E-state index is 0.0133. The predicted octanol–water partition coefficient (Wildman–Crippen LogP) is 1.17. The molecule has 2 atom stereocenters. The summed E-state index contributed by atoms with van der Waals surface area (Å²) in [4.78, 5) is 61.6. The molecule has 1 rings (SSSR count). The number of nitrogens with two attached hydrogens (primary N) is 1. The molecule has 51 heavy (non-hydrogen) atoms. The minimum Gasteiger partial charge on any atom is -0.444 e. The van der Waals surface area contributed by atoms with E-state index in [-0.39, 0.29) is 45.1 Å². The highest BCUT2D eigenvalue weighted by Gasteiger charge is 2.29. The summed E-state index contributed by atoms with van der Waals surface area (Å²) < 4.78 is 26.9. The van der Waals surface area contributed by atoms with E-state index in [4.69, 9.17) is 29.4 Å². The van der Waals surface area contributed by atoms with Gasteiger partial charge in [0.25, 0.3) is 0 Å². The molecule has 0 radical (unpaired) electrons. The van der Waals surface area contributed by atoms with E-state index in [0.29, 0.717) is 63.9 Å². The van der Waals surface area contributed by atoms with Crippen molar-refractivity contribution in [3.05, 3.63) is 29.8 Å². The number of urea groups is 1. The van der Waals surface area contributed by atoms with Crippen LogP contribution < -0.4 is 32.3 Å². The summed E-state index contributed by atoms with van der Waals surface area (Å²) in [5, 5.41) is 22.5. The van der Waals surface area contributed by atoms with Crippen LogP contribution in [0.1, 0.15) is 59.4 Å². The predicted molar refractivity (Wildman–Crippen MR) is 189 cm³/mol. The molecule has 0 spiro atoms. The quantitative estimate of drug-likeness (QED) is 0.0669. The molecule has 0 bridgehead atoms. The van der Waals surface area contributed by atoms with Crippen LogP contribution in [0.15, 0.2) is 24.3 Å². The molecule has 6 amide bonds. The highest BCUT2D eigenvalue weighted by Crippen LogP contribution is 2.12. The van der Waals surface area contributed by atoms with Crippen LogP contribution >= 0.6 is 0 Å². The molecule has 0 saturated heterocycles. The Bertz CT molecular complexity index is 1180. The fraction of sp³-hybridized carbons (Fsp3) is 0.676. The molecule has 2 unspecified atom stereocenters. The van der Waals surface area contributed by atoms with Gasteiger partial charge >= 0.3 is 12.1 Å². The van der Waals surface area contributed by atoms with Crippen molar-refractivity contribution < 1.29 is 52.8 Å². The van der Waals surface area contributed by atoms with Gasteiger partial charge in [0.1, 0.15) is 17.7 Å². The zero-order valence-electron chi connectivity index (χ0n) is 30.5. The van der Waals surface area contributed by atoms with Gasteiger partial charge in [-0.1, -0.05) is 26.0 Å². The Balaban J connectivity index is 2.33. The second-order valence-electron chi connectivity index (χ2n) is 12.8. The van der Waals surface area contributed by atoms with E-state index in [9.17, 15) is 29.1 Å². The molecule has 17 nitrogen and oxygen atoms in total. The lowest BCUT2D eigenvalue weighted by Crippen LogP contribution is -2.54. The fourth-order valence-corrected chi connectivity index (χ4v) is 4.22. The number of hydrogen-bond acceptors (Lipinski definition) is 11. The van der Waals surface area contributed by atoms with Gasteiger partial charge < -0.3 is 61.1 Å². The van der Waals surface area contributed by atoms with E-state index < -0.39 is 47.5 Å². The number of amides is 6. The van der Waals surface area contributed by atoms with Crippen LogP contribution in [0.4, 0.5) is 15.3 Å². The van der Waals surface area contributed by atoms with Gasteiger partial charge in [-0.15, -0.1) is 0 Å². The molecule has 0 aliphatic carbocycles. The number of carbonyl (C=O) groups excluding carboxylic acids is 5. The van der Waals surface area contributed by atoms with Crippen LogP contribution in [0, 0.1) is 5.92 Å². The number of benzene rings is 1. The number of nitrogens with one attached hydrogen (secondary N) is 5. The lowest BCUT2D eigenvalue weighted by molar-refractivity contribution is -0.132. The minimum atomic E-state index is -0.968. The normalized spacial score (nSPS) is 12.5. The number of ether oxygens (including phenoxy) is 5. The molecular weight excluding hydrogens is 668 g/mol. The zero-order valence-corrected chi connectivity index (χ0v) is 30.5. The number of primary amides is 1. The lowest BCUT2D eigenvalue weighted by atomic mass is 10.0. The first-order chi connectivity index (χ1) is 24.2. The Hall–Kier alpha value is -4.03. The van der Waals surface area contributed by atoms with Gasteiger partial charge in [-0.25, -0.2) is 9.59 Å². The fourth-order valence-electron chi connectivity index (χ4n) is 4.22. The van der Waals surface area contributed by atoms with Crippen LogP contribution in [-0.2, 0) is 44.7 Å². The highest BCUT2D eigenvalue weighted by atomic mass is 16.6. The first-order valence-corrected chi connectivity index (χ1v) is 17.1. The van der Waals surface area contributed by atoms with Gasteiger partial charge in [-0.3, -0.25) is 14.4 Å². The monoisotopic (exact) mass is 726 g/mol. The number of anilines is 1. The third kappa shape index (κ3) is 23.1. The molecule has 1 aromatic carbocycles. The third-order valence-electron chi connectivity index (χ3n) is 6.78. The SMILES string of the molecule is CC(C)C(NC(=O)CCOCCOCCOCCOCCNC(=O)OC(C)(C)C)C(=O)NC(CCCNC(N)=O)C(=O)Nc1ccc(CO)cc1. The van der Waals surface area contributed by atoms with E-state index in [1.165, 1.54) is 0 Å². The average Bonchev–Trinajstić information content (AvgIpc) is 3.05. The van der Waals surface area contributed by atoms with Crippen molar-refractivity contribution in [1.29, 1.82) is 0 Å². The van der Waals surface area contributed by atoms with Crippen molar-refractivity contribution >= 4 is 35.5 Å². The number of aliphatic hydroxyl groups excluding tert-OH is 1. The Morgan fingerprint density at radius 1 is 0.765 bits per heavy atom. The number of rotatable bonds is 26. The van der Waals surface area contributed by atoms with Gasteiger partial charge in [0.05, 0.1) is 59.5 Å². The van der Waals surface area contributed by atoms with Crippen molar-refractivity contribution in [2.75, 3.05) is 71.3 Å². The first kappa shape index (κ1) is 45.0.